The quantitative estimate of drug-likeness (QED) is 0.849. The van der Waals surface area contributed by atoms with Gasteiger partial charge in [0.1, 0.15) is 0 Å². The first-order valence-electron chi connectivity index (χ1n) is 6.47. The lowest BCUT2D eigenvalue weighted by molar-refractivity contribution is 0.634. The number of nitrogens with zero attached hydrogens (tertiary/aromatic N) is 3. The van der Waals surface area contributed by atoms with Crippen LogP contribution in [0.3, 0.4) is 0 Å². The van der Waals surface area contributed by atoms with Crippen LogP contribution in [-0.2, 0) is 13.1 Å². The molecule has 0 aliphatic heterocycles. The van der Waals surface area contributed by atoms with Crippen molar-refractivity contribution < 1.29 is 0 Å². The van der Waals surface area contributed by atoms with E-state index in [1.165, 1.54) is 12.8 Å². The molecule has 0 fully saturated rings. The maximum Gasteiger partial charge on any atom is 0.203 e. The van der Waals surface area contributed by atoms with Gasteiger partial charge in [-0.05, 0) is 25.5 Å². The second-order valence-corrected chi connectivity index (χ2v) is 4.42. The third kappa shape index (κ3) is 3.32. The summed E-state index contributed by atoms with van der Waals surface area (Å²) in [5.74, 6) is 0.923. The van der Waals surface area contributed by atoms with Crippen LogP contribution in [0.1, 0.15) is 31.2 Å². The Bertz CT molecular complexity index is 490. The first kappa shape index (κ1) is 12.6. The fourth-order valence-corrected chi connectivity index (χ4v) is 1.85. The zero-order valence-corrected chi connectivity index (χ0v) is 11.1. The topological polar surface area (TPSA) is 42.7 Å². The van der Waals surface area contributed by atoms with Crippen LogP contribution in [-0.4, -0.2) is 14.5 Å². The number of nitrogens with one attached hydrogen (secondary N) is 1. The van der Waals surface area contributed by atoms with Gasteiger partial charge < -0.3 is 9.88 Å². The number of hydrogen-bond acceptors (Lipinski definition) is 3. The van der Waals surface area contributed by atoms with E-state index in [0.717, 1.165) is 23.9 Å². The molecule has 1 N–H and O–H groups in total. The highest BCUT2D eigenvalue weighted by molar-refractivity contribution is 5.27. The van der Waals surface area contributed by atoms with Crippen LogP contribution in [0.2, 0.25) is 0 Å². The van der Waals surface area contributed by atoms with Crippen molar-refractivity contribution in [3.05, 3.63) is 42.0 Å². The van der Waals surface area contributed by atoms with Crippen molar-refractivity contribution in [3.63, 3.8) is 0 Å². The molecule has 96 valence electrons. The molecule has 4 heteroatoms. The summed E-state index contributed by atoms with van der Waals surface area (Å²) < 4.78 is 2.15. The zero-order chi connectivity index (χ0) is 12.8. The van der Waals surface area contributed by atoms with E-state index in [9.17, 15) is 0 Å². The van der Waals surface area contributed by atoms with Gasteiger partial charge >= 0.3 is 0 Å². The molecule has 0 spiro atoms. The Morgan fingerprint density at radius 2 is 2.22 bits per heavy atom. The van der Waals surface area contributed by atoms with Crippen LogP contribution in [0.15, 0.2) is 30.6 Å². The van der Waals surface area contributed by atoms with Gasteiger partial charge in [-0.25, -0.2) is 4.98 Å². The molecule has 2 aromatic heterocycles. The first-order chi connectivity index (χ1) is 8.79. The summed E-state index contributed by atoms with van der Waals surface area (Å²) in [5.41, 5.74) is 2.09. The Hall–Kier alpha value is -1.84. The Labute approximate surface area is 108 Å². The molecular weight excluding hydrogens is 224 g/mol. The Balaban J connectivity index is 1.95. The van der Waals surface area contributed by atoms with Gasteiger partial charge in [0.05, 0.1) is 12.2 Å². The third-order valence-corrected chi connectivity index (χ3v) is 2.84. The molecule has 2 heterocycles. The van der Waals surface area contributed by atoms with Crippen LogP contribution in [0.25, 0.3) is 0 Å². The van der Waals surface area contributed by atoms with E-state index in [1.807, 2.05) is 37.5 Å². The molecule has 0 aromatic carbocycles. The summed E-state index contributed by atoms with van der Waals surface area (Å²) in [6.45, 7) is 5.93. The number of pyridine rings is 1. The molecule has 0 saturated heterocycles. The predicted octanol–water partition coefficient (Wildman–Crippen LogP) is 3.00. The van der Waals surface area contributed by atoms with Crippen molar-refractivity contribution >= 4 is 5.95 Å². The van der Waals surface area contributed by atoms with Gasteiger partial charge in [0, 0.05) is 24.6 Å². The number of anilines is 1. The van der Waals surface area contributed by atoms with Crippen LogP contribution < -0.4 is 5.32 Å². The molecule has 0 amide bonds. The summed E-state index contributed by atoms with van der Waals surface area (Å²) in [6, 6.07) is 6.06. The van der Waals surface area contributed by atoms with Crippen LogP contribution in [0, 0.1) is 6.92 Å². The molecule has 2 aromatic rings. The maximum atomic E-state index is 4.46. The van der Waals surface area contributed by atoms with Crippen molar-refractivity contribution in [2.75, 3.05) is 5.32 Å². The van der Waals surface area contributed by atoms with Gasteiger partial charge in [0.2, 0.25) is 5.95 Å². The van der Waals surface area contributed by atoms with Gasteiger partial charge in [-0.2, -0.15) is 0 Å². The normalized spacial score (nSPS) is 10.6. The highest BCUT2D eigenvalue weighted by Crippen LogP contribution is 2.08. The number of imidazole rings is 1. The van der Waals surface area contributed by atoms with Crippen molar-refractivity contribution in [2.24, 2.45) is 0 Å². The standard InChI is InChI=1S/C14H20N4/c1-3-4-9-18-10-8-15-14(18)16-11-13-7-5-6-12(2)17-13/h5-8,10H,3-4,9,11H2,1-2H3,(H,15,16). The molecule has 4 nitrogen and oxygen atoms in total. The van der Waals surface area contributed by atoms with Crippen LogP contribution >= 0.6 is 0 Å². The Kier molecular flexibility index (Phi) is 4.34. The summed E-state index contributed by atoms with van der Waals surface area (Å²) >= 11 is 0. The smallest absolute Gasteiger partial charge is 0.203 e. The summed E-state index contributed by atoms with van der Waals surface area (Å²) in [7, 11) is 0. The van der Waals surface area contributed by atoms with E-state index in [-0.39, 0.29) is 0 Å². The van der Waals surface area contributed by atoms with Crippen LogP contribution in [0.4, 0.5) is 5.95 Å². The average Bonchev–Trinajstić information content (AvgIpc) is 2.81. The van der Waals surface area contributed by atoms with Gasteiger partial charge in [0.15, 0.2) is 0 Å². The van der Waals surface area contributed by atoms with Crippen molar-refractivity contribution in [1.82, 2.24) is 14.5 Å². The second-order valence-electron chi connectivity index (χ2n) is 4.42. The zero-order valence-electron chi connectivity index (χ0n) is 11.1. The molecule has 0 unspecified atom stereocenters. The molecule has 0 aliphatic rings. The number of rotatable bonds is 6. The van der Waals surface area contributed by atoms with Gasteiger partial charge in [-0.15, -0.1) is 0 Å². The second kappa shape index (κ2) is 6.19. The molecule has 0 saturated carbocycles. The number of aromatic nitrogens is 3. The number of unbranched alkanes of at least 4 members (excludes halogenated alkanes) is 1. The van der Waals surface area contributed by atoms with Crippen LogP contribution in [0.5, 0.6) is 0 Å². The summed E-state index contributed by atoms with van der Waals surface area (Å²) in [4.78, 5) is 8.80. The minimum atomic E-state index is 0.713. The highest BCUT2D eigenvalue weighted by Gasteiger charge is 2.02. The molecule has 0 atom stereocenters. The van der Waals surface area contributed by atoms with Gasteiger partial charge in [-0.1, -0.05) is 19.4 Å². The van der Waals surface area contributed by atoms with E-state index in [4.69, 9.17) is 0 Å². The lowest BCUT2D eigenvalue weighted by Crippen LogP contribution is -2.08. The molecule has 2 rings (SSSR count). The fourth-order valence-electron chi connectivity index (χ4n) is 1.85. The lowest BCUT2D eigenvalue weighted by Gasteiger charge is -2.09. The van der Waals surface area contributed by atoms with Crippen molar-refractivity contribution in [1.29, 1.82) is 0 Å². The summed E-state index contributed by atoms with van der Waals surface area (Å²) in [5, 5.41) is 3.34. The van der Waals surface area contributed by atoms with Gasteiger partial charge in [0.25, 0.3) is 0 Å². The minimum absolute atomic E-state index is 0.713. The molecule has 0 radical (unpaired) electrons. The monoisotopic (exact) mass is 244 g/mol. The minimum Gasteiger partial charge on any atom is -0.350 e. The highest BCUT2D eigenvalue weighted by atomic mass is 15.2. The number of hydrogen-bond donors (Lipinski definition) is 1. The van der Waals surface area contributed by atoms with Gasteiger partial charge in [-0.3, -0.25) is 4.98 Å². The molecule has 18 heavy (non-hydrogen) atoms. The number of aryl methyl sites for hydroxylation is 2. The Morgan fingerprint density at radius 3 is 3.00 bits per heavy atom. The maximum absolute atomic E-state index is 4.46. The Morgan fingerprint density at radius 1 is 1.33 bits per heavy atom. The largest absolute Gasteiger partial charge is 0.350 e. The first-order valence-corrected chi connectivity index (χ1v) is 6.47. The SMILES string of the molecule is CCCCn1ccnc1NCc1cccc(C)n1. The van der Waals surface area contributed by atoms with E-state index in [1.54, 1.807) is 0 Å². The predicted molar refractivity (Wildman–Crippen MR) is 73.4 cm³/mol. The average molecular weight is 244 g/mol. The fraction of sp³-hybridized carbons (Fsp3) is 0.429. The molecular formula is C14H20N4. The van der Waals surface area contributed by atoms with E-state index in [2.05, 4.69) is 26.8 Å². The molecule has 0 bridgehead atoms. The van der Waals surface area contributed by atoms with Crippen molar-refractivity contribution in [2.45, 2.75) is 39.8 Å². The lowest BCUT2D eigenvalue weighted by atomic mass is 10.3. The third-order valence-electron chi connectivity index (χ3n) is 2.84. The van der Waals surface area contributed by atoms with E-state index in [0.29, 0.717) is 6.54 Å². The molecule has 0 aliphatic carbocycles. The summed E-state index contributed by atoms with van der Waals surface area (Å²) in [6.07, 6.45) is 6.22. The van der Waals surface area contributed by atoms with E-state index >= 15 is 0 Å². The van der Waals surface area contributed by atoms with E-state index < -0.39 is 0 Å². The van der Waals surface area contributed by atoms with Crippen molar-refractivity contribution in [3.8, 4) is 0 Å².